The molecule has 2 aliphatic carbocycles. The van der Waals surface area contributed by atoms with Gasteiger partial charge in [-0.25, -0.2) is 4.39 Å². The number of rotatable bonds is 4. The molecule has 0 bridgehead atoms. The first-order valence-corrected chi connectivity index (χ1v) is 10.6. The fourth-order valence-corrected chi connectivity index (χ4v) is 5.41. The molecule has 0 unspecified atom stereocenters. The lowest BCUT2D eigenvalue weighted by Crippen LogP contribution is -2.51. The van der Waals surface area contributed by atoms with E-state index in [4.69, 9.17) is 9.47 Å². The van der Waals surface area contributed by atoms with E-state index in [9.17, 15) is 9.18 Å². The first kappa shape index (κ1) is 18.5. The second kappa shape index (κ2) is 7.05. The number of halogens is 1. The number of hydrogen-bond acceptors (Lipinski definition) is 3. The smallest absolute Gasteiger partial charge is 0.231 e. The monoisotopic (exact) mass is 395 g/mol. The summed E-state index contributed by atoms with van der Waals surface area (Å²) in [7, 11) is 0. The van der Waals surface area contributed by atoms with Gasteiger partial charge in [0.15, 0.2) is 11.5 Å². The van der Waals surface area contributed by atoms with Gasteiger partial charge in [-0.3, -0.25) is 4.79 Å². The van der Waals surface area contributed by atoms with Gasteiger partial charge in [-0.2, -0.15) is 0 Å². The number of carbonyl (C=O) groups is 1. The van der Waals surface area contributed by atoms with Crippen LogP contribution < -0.4 is 14.8 Å². The standard InChI is InChI=1S/C24H26FNO3/c25-19-7-5-6-17(14-19)23(10-1-2-11-23)22(27)26-24(12-3-4-13-24)18-8-9-20-21(15-18)29-16-28-20/h5-9,14-15H,1-4,10-13,16H2,(H,26,27). The second-order valence-electron chi connectivity index (χ2n) is 8.61. The quantitative estimate of drug-likeness (QED) is 0.797. The topological polar surface area (TPSA) is 47.6 Å². The molecule has 5 heteroatoms. The molecule has 3 aliphatic rings. The summed E-state index contributed by atoms with van der Waals surface area (Å²) >= 11 is 0. The minimum Gasteiger partial charge on any atom is -0.454 e. The molecular weight excluding hydrogens is 369 g/mol. The average Bonchev–Trinajstić information content (AvgIpc) is 3.48. The molecule has 1 amide bonds. The van der Waals surface area contributed by atoms with Gasteiger partial charge in [-0.1, -0.05) is 43.9 Å². The maximum atomic E-state index is 14.0. The van der Waals surface area contributed by atoms with E-state index in [1.165, 1.54) is 12.1 Å². The Morgan fingerprint density at radius 1 is 0.862 bits per heavy atom. The van der Waals surface area contributed by atoms with Crippen LogP contribution in [0.15, 0.2) is 42.5 Å². The van der Waals surface area contributed by atoms with Crippen molar-refractivity contribution in [2.45, 2.75) is 62.3 Å². The summed E-state index contributed by atoms with van der Waals surface area (Å²) in [6, 6.07) is 12.6. The molecular formula is C24H26FNO3. The maximum Gasteiger partial charge on any atom is 0.231 e. The van der Waals surface area contributed by atoms with Crippen molar-refractivity contribution in [2.24, 2.45) is 0 Å². The molecule has 0 radical (unpaired) electrons. The van der Waals surface area contributed by atoms with Gasteiger partial charge < -0.3 is 14.8 Å². The van der Waals surface area contributed by atoms with E-state index in [1.807, 2.05) is 24.3 Å². The zero-order valence-electron chi connectivity index (χ0n) is 16.5. The lowest BCUT2D eigenvalue weighted by Gasteiger charge is -2.37. The summed E-state index contributed by atoms with van der Waals surface area (Å²) in [4.78, 5) is 13.8. The third kappa shape index (κ3) is 3.07. The molecule has 0 spiro atoms. The molecule has 5 rings (SSSR count). The Hall–Kier alpha value is -2.56. The molecule has 152 valence electrons. The van der Waals surface area contributed by atoms with Crippen molar-refractivity contribution in [1.82, 2.24) is 5.32 Å². The normalized spacial score (nSPS) is 21.3. The highest BCUT2D eigenvalue weighted by molar-refractivity contribution is 5.89. The van der Waals surface area contributed by atoms with Crippen LogP contribution >= 0.6 is 0 Å². The van der Waals surface area contributed by atoms with Crippen molar-refractivity contribution in [3.63, 3.8) is 0 Å². The van der Waals surface area contributed by atoms with Gasteiger partial charge in [0.05, 0.1) is 11.0 Å². The number of fused-ring (bicyclic) bond motifs is 1. The number of benzene rings is 2. The van der Waals surface area contributed by atoms with E-state index in [1.54, 1.807) is 6.07 Å². The fraction of sp³-hybridized carbons (Fsp3) is 0.458. The zero-order chi connectivity index (χ0) is 19.9. The second-order valence-corrected chi connectivity index (χ2v) is 8.61. The number of amides is 1. The van der Waals surface area contributed by atoms with E-state index in [2.05, 4.69) is 5.32 Å². The molecule has 2 saturated carbocycles. The van der Waals surface area contributed by atoms with Gasteiger partial charge >= 0.3 is 0 Å². The van der Waals surface area contributed by atoms with Crippen LogP contribution in [0.4, 0.5) is 4.39 Å². The number of ether oxygens (including phenoxy) is 2. The van der Waals surface area contributed by atoms with Crippen molar-refractivity contribution in [2.75, 3.05) is 6.79 Å². The Balaban J connectivity index is 1.50. The van der Waals surface area contributed by atoms with Gasteiger partial charge in [-0.15, -0.1) is 0 Å². The first-order valence-electron chi connectivity index (χ1n) is 10.6. The van der Waals surface area contributed by atoms with Gasteiger partial charge in [-0.05, 0) is 61.1 Å². The summed E-state index contributed by atoms with van der Waals surface area (Å²) in [6.45, 7) is 0.237. The molecule has 0 atom stereocenters. The van der Waals surface area contributed by atoms with Crippen molar-refractivity contribution in [3.8, 4) is 11.5 Å². The summed E-state index contributed by atoms with van der Waals surface area (Å²) in [6.07, 6.45) is 7.44. The third-order valence-corrected chi connectivity index (χ3v) is 7.00. The highest BCUT2D eigenvalue weighted by atomic mass is 19.1. The van der Waals surface area contributed by atoms with E-state index in [0.29, 0.717) is 0 Å². The SMILES string of the molecule is O=C(NC1(c2ccc3c(c2)OCO3)CCCC1)C1(c2cccc(F)c2)CCCC1. The summed E-state index contributed by atoms with van der Waals surface area (Å²) in [5.74, 6) is 1.23. The van der Waals surface area contributed by atoms with Gasteiger partial charge in [0, 0.05) is 0 Å². The van der Waals surface area contributed by atoms with Crippen molar-refractivity contribution < 1.29 is 18.7 Å². The Bertz CT molecular complexity index is 929. The van der Waals surface area contributed by atoms with Crippen LogP contribution in [0.3, 0.4) is 0 Å². The zero-order valence-corrected chi connectivity index (χ0v) is 16.5. The van der Waals surface area contributed by atoms with E-state index in [-0.39, 0.29) is 18.5 Å². The van der Waals surface area contributed by atoms with Crippen LogP contribution in [0.25, 0.3) is 0 Å². The van der Waals surface area contributed by atoms with Gasteiger partial charge in [0.1, 0.15) is 5.82 Å². The molecule has 1 heterocycles. The van der Waals surface area contributed by atoms with Crippen LogP contribution in [0.1, 0.15) is 62.5 Å². The molecule has 2 aromatic rings. The van der Waals surface area contributed by atoms with Gasteiger partial charge in [0.25, 0.3) is 0 Å². The third-order valence-electron chi connectivity index (χ3n) is 7.00. The molecule has 2 fully saturated rings. The summed E-state index contributed by atoms with van der Waals surface area (Å²) in [5, 5.41) is 3.44. The molecule has 29 heavy (non-hydrogen) atoms. The van der Waals surface area contributed by atoms with Gasteiger partial charge in [0.2, 0.25) is 12.7 Å². The molecule has 1 N–H and O–H groups in total. The van der Waals surface area contributed by atoms with Crippen molar-refractivity contribution >= 4 is 5.91 Å². The molecule has 0 aromatic heterocycles. The summed E-state index contributed by atoms with van der Waals surface area (Å²) < 4.78 is 25.0. The highest BCUT2D eigenvalue weighted by Gasteiger charge is 2.47. The number of hydrogen-bond donors (Lipinski definition) is 1. The van der Waals surface area contributed by atoms with Crippen molar-refractivity contribution in [1.29, 1.82) is 0 Å². The fourth-order valence-electron chi connectivity index (χ4n) is 5.41. The molecule has 1 aliphatic heterocycles. The van der Waals surface area contributed by atoms with Crippen LogP contribution in [-0.2, 0) is 15.7 Å². The van der Waals surface area contributed by atoms with Crippen molar-refractivity contribution in [3.05, 3.63) is 59.4 Å². The predicted octanol–water partition coefficient (Wildman–Crippen LogP) is 4.95. The Morgan fingerprint density at radius 3 is 2.34 bits per heavy atom. The Kier molecular flexibility index (Phi) is 4.49. The van der Waals surface area contributed by atoms with Crippen LogP contribution in [0, 0.1) is 5.82 Å². The van der Waals surface area contributed by atoms with Crippen LogP contribution in [-0.4, -0.2) is 12.7 Å². The Morgan fingerprint density at radius 2 is 1.59 bits per heavy atom. The van der Waals surface area contributed by atoms with E-state index < -0.39 is 11.0 Å². The number of carbonyl (C=O) groups excluding carboxylic acids is 1. The molecule has 2 aromatic carbocycles. The van der Waals surface area contributed by atoms with Crippen LogP contribution in [0.5, 0.6) is 11.5 Å². The maximum absolute atomic E-state index is 14.0. The lowest BCUT2D eigenvalue weighted by molar-refractivity contribution is -0.128. The average molecular weight is 395 g/mol. The minimum atomic E-state index is -0.645. The van der Waals surface area contributed by atoms with E-state index >= 15 is 0 Å². The summed E-state index contributed by atoms with van der Waals surface area (Å²) in [5.41, 5.74) is 0.820. The highest BCUT2D eigenvalue weighted by Crippen LogP contribution is 2.46. The molecule has 4 nitrogen and oxygen atoms in total. The largest absolute Gasteiger partial charge is 0.454 e. The predicted molar refractivity (Wildman–Crippen MR) is 107 cm³/mol. The van der Waals surface area contributed by atoms with Crippen LogP contribution in [0.2, 0.25) is 0 Å². The first-order chi connectivity index (χ1) is 14.1. The lowest BCUT2D eigenvalue weighted by atomic mass is 9.76. The molecule has 0 saturated heterocycles. The van der Waals surface area contributed by atoms with E-state index in [0.717, 1.165) is 74.0 Å². The minimum absolute atomic E-state index is 0.0279. The Labute approximate surface area is 170 Å². The number of nitrogens with one attached hydrogen (secondary N) is 1.